The Labute approximate surface area is 134 Å². The van der Waals surface area contributed by atoms with Gasteiger partial charge in [-0.05, 0) is 18.6 Å². The monoisotopic (exact) mass is 314 g/mol. The van der Waals surface area contributed by atoms with Gasteiger partial charge in [0.15, 0.2) is 0 Å². The molecular weight excluding hydrogens is 296 g/mol. The molecule has 6 nitrogen and oxygen atoms in total. The van der Waals surface area contributed by atoms with E-state index in [0.717, 1.165) is 15.8 Å². The molecule has 0 atom stereocenters. The normalized spacial score (nSPS) is 13.5. The molecule has 1 N–H and O–H groups in total. The molecule has 0 radical (unpaired) electrons. The fourth-order valence-electron chi connectivity index (χ4n) is 3.15. The van der Waals surface area contributed by atoms with Crippen molar-refractivity contribution < 1.29 is 19.1 Å². The average molecular weight is 314 g/mol. The van der Waals surface area contributed by atoms with Crippen molar-refractivity contribution in [1.82, 2.24) is 4.90 Å². The van der Waals surface area contributed by atoms with Gasteiger partial charge in [0.25, 0.3) is 11.8 Å². The third-order valence-corrected chi connectivity index (χ3v) is 4.28. The zero-order valence-corrected chi connectivity index (χ0v) is 13.7. The van der Waals surface area contributed by atoms with Crippen molar-refractivity contribution in [2.45, 2.75) is 6.92 Å². The Morgan fingerprint density at radius 1 is 0.957 bits per heavy atom. The van der Waals surface area contributed by atoms with E-state index in [9.17, 15) is 9.59 Å². The van der Waals surface area contributed by atoms with Gasteiger partial charge in [-0.1, -0.05) is 0 Å². The van der Waals surface area contributed by atoms with E-state index in [1.807, 2.05) is 6.92 Å². The Morgan fingerprint density at radius 3 is 2.13 bits per heavy atom. The second-order valence-electron chi connectivity index (χ2n) is 5.44. The summed E-state index contributed by atoms with van der Waals surface area (Å²) < 4.78 is 10.9. The van der Waals surface area contributed by atoms with E-state index in [-0.39, 0.29) is 11.8 Å². The molecule has 0 spiro atoms. The zero-order valence-electron chi connectivity index (χ0n) is 13.7. The number of methoxy groups -OCH3 is 2. The Kier molecular flexibility index (Phi) is 3.39. The molecule has 0 saturated heterocycles. The highest BCUT2D eigenvalue weighted by atomic mass is 16.5. The highest BCUT2D eigenvalue weighted by Gasteiger charge is 2.36. The maximum Gasteiger partial charge on any atom is 0.264 e. The number of imide groups is 1. The number of amides is 2. The molecule has 0 fully saturated rings. The van der Waals surface area contributed by atoms with Crippen LogP contribution in [0.25, 0.3) is 10.8 Å². The molecule has 0 bridgehead atoms. The fourth-order valence-corrected chi connectivity index (χ4v) is 3.15. The van der Waals surface area contributed by atoms with Crippen molar-refractivity contribution in [3.05, 3.63) is 28.8 Å². The smallest absolute Gasteiger partial charge is 0.264 e. The minimum atomic E-state index is -0.375. The van der Waals surface area contributed by atoms with Crippen molar-refractivity contribution in [2.75, 3.05) is 33.6 Å². The molecule has 2 aromatic rings. The average Bonchev–Trinajstić information content (AvgIpc) is 2.56. The van der Waals surface area contributed by atoms with Crippen LogP contribution < -0.4 is 14.8 Å². The summed E-state index contributed by atoms with van der Waals surface area (Å²) in [5.74, 6) is 0.349. The Morgan fingerprint density at radius 2 is 1.57 bits per heavy atom. The van der Waals surface area contributed by atoms with E-state index < -0.39 is 0 Å². The fraction of sp³-hybridized carbons (Fsp3) is 0.294. The van der Waals surface area contributed by atoms with E-state index in [1.54, 1.807) is 26.3 Å². The van der Waals surface area contributed by atoms with Crippen molar-refractivity contribution in [3.63, 3.8) is 0 Å². The summed E-state index contributed by atoms with van der Waals surface area (Å²) in [6.07, 6.45) is 0. The number of carbonyl (C=O) groups excluding carboxylic acids is 2. The van der Waals surface area contributed by atoms with E-state index in [1.165, 1.54) is 14.2 Å². The molecule has 1 aliphatic heterocycles. The SMILES string of the molecule is CNc1cc(OC)c2c(C)cc(OC)c3c2c1C(=O)N(C)C3=O. The van der Waals surface area contributed by atoms with Crippen molar-refractivity contribution in [2.24, 2.45) is 0 Å². The van der Waals surface area contributed by atoms with Gasteiger partial charge in [0.05, 0.1) is 31.0 Å². The van der Waals surface area contributed by atoms with Gasteiger partial charge in [0.2, 0.25) is 0 Å². The lowest BCUT2D eigenvalue weighted by atomic mass is 9.89. The lowest BCUT2D eigenvalue weighted by Crippen LogP contribution is -2.37. The number of nitrogens with one attached hydrogen (secondary N) is 1. The predicted octanol–water partition coefficient (Wildman–Crippen LogP) is 2.43. The van der Waals surface area contributed by atoms with Gasteiger partial charge in [-0.25, -0.2) is 0 Å². The number of nitrogens with zero attached hydrogens (tertiary/aromatic N) is 1. The number of hydrogen-bond donors (Lipinski definition) is 1. The van der Waals surface area contributed by atoms with Gasteiger partial charge < -0.3 is 14.8 Å². The first-order valence-electron chi connectivity index (χ1n) is 7.18. The summed E-state index contributed by atoms with van der Waals surface area (Å²) in [5.41, 5.74) is 2.35. The molecule has 2 amide bonds. The van der Waals surface area contributed by atoms with Gasteiger partial charge in [0, 0.05) is 30.9 Å². The van der Waals surface area contributed by atoms with Crippen LogP contribution in [0.3, 0.4) is 0 Å². The second kappa shape index (κ2) is 5.15. The molecule has 0 aliphatic carbocycles. The molecule has 23 heavy (non-hydrogen) atoms. The van der Waals surface area contributed by atoms with Crippen molar-refractivity contribution in [3.8, 4) is 11.5 Å². The van der Waals surface area contributed by atoms with E-state index in [2.05, 4.69) is 5.32 Å². The van der Waals surface area contributed by atoms with Crippen LogP contribution in [0.4, 0.5) is 5.69 Å². The molecule has 2 aromatic carbocycles. The van der Waals surface area contributed by atoms with Crippen LogP contribution in [0.1, 0.15) is 26.3 Å². The number of anilines is 1. The molecule has 1 heterocycles. The number of carbonyl (C=O) groups is 2. The highest BCUT2D eigenvalue weighted by molar-refractivity contribution is 6.29. The van der Waals surface area contributed by atoms with Gasteiger partial charge in [-0.3, -0.25) is 14.5 Å². The maximum atomic E-state index is 12.7. The van der Waals surface area contributed by atoms with E-state index >= 15 is 0 Å². The van der Waals surface area contributed by atoms with Gasteiger partial charge in [-0.15, -0.1) is 0 Å². The molecular formula is C17H18N2O4. The molecule has 0 saturated carbocycles. The van der Waals surface area contributed by atoms with Crippen LogP contribution in [0.15, 0.2) is 12.1 Å². The summed E-state index contributed by atoms with van der Waals surface area (Å²) >= 11 is 0. The highest BCUT2D eigenvalue weighted by Crippen LogP contribution is 2.44. The number of rotatable bonds is 3. The van der Waals surface area contributed by atoms with Crippen LogP contribution in [-0.2, 0) is 0 Å². The van der Waals surface area contributed by atoms with Crippen molar-refractivity contribution in [1.29, 1.82) is 0 Å². The Hall–Kier alpha value is -2.76. The predicted molar refractivity (Wildman–Crippen MR) is 87.8 cm³/mol. The molecule has 120 valence electrons. The summed E-state index contributed by atoms with van der Waals surface area (Å²) in [4.78, 5) is 26.5. The lowest BCUT2D eigenvalue weighted by molar-refractivity contribution is 0.0649. The Bertz CT molecular complexity index is 836. The third kappa shape index (κ3) is 1.87. The largest absolute Gasteiger partial charge is 0.496 e. The van der Waals surface area contributed by atoms with Gasteiger partial charge in [0.1, 0.15) is 11.5 Å². The first-order valence-corrected chi connectivity index (χ1v) is 7.18. The zero-order chi connectivity index (χ0) is 16.9. The first-order chi connectivity index (χ1) is 11.0. The number of benzene rings is 2. The van der Waals surface area contributed by atoms with Crippen LogP contribution in [0.2, 0.25) is 0 Å². The summed E-state index contributed by atoms with van der Waals surface area (Å²) in [7, 11) is 6.29. The third-order valence-electron chi connectivity index (χ3n) is 4.28. The van der Waals surface area contributed by atoms with E-state index in [0.29, 0.717) is 33.7 Å². The number of ether oxygens (including phenoxy) is 2. The lowest BCUT2D eigenvalue weighted by Gasteiger charge is -2.28. The second-order valence-corrected chi connectivity index (χ2v) is 5.44. The van der Waals surface area contributed by atoms with E-state index in [4.69, 9.17) is 9.47 Å². The van der Waals surface area contributed by atoms with Gasteiger partial charge in [-0.2, -0.15) is 0 Å². The number of hydrogen-bond acceptors (Lipinski definition) is 5. The minimum Gasteiger partial charge on any atom is -0.496 e. The van der Waals surface area contributed by atoms with Gasteiger partial charge >= 0.3 is 0 Å². The molecule has 0 aromatic heterocycles. The summed E-state index contributed by atoms with van der Waals surface area (Å²) in [5, 5.41) is 4.36. The standard InChI is InChI=1S/C17H18N2O4/c1-8-6-10(22-4)14-15-12(8)11(23-5)7-9(18-2)13(15)16(20)19(3)17(14)21/h6-7,18H,1-5H3. The Balaban J connectivity index is 2.63. The quantitative estimate of drug-likeness (QED) is 0.881. The number of aryl methyl sites for hydroxylation is 1. The van der Waals surface area contributed by atoms with Crippen LogP contribution in [-0.4, -0.2) is 45.0 Å². The molecule has 1 aliphatic rings. The maximum absolute atomic E-state index is 12.7. The first kappa shape index (κ1) is 15.1. The minimum absolute atomic E-state index is 0.341. The molecule has 0 unspecified atom stereocenters. The van der Waals surface area contributed by atoms with Crippen LogP contribution in [0, 0.1) is 6.92 Å². The van der Waals surface area contributed by atoms with Crippen molar-refractivity contribution >= 4 is 28.3 Å². The molecule has 3 rings (SSSR count). The topological polar surface area (TPSA) is 67.9 Å². The summed E-state index contributed by atoms with van der Waals surface area (Å²) in [6, 6.07) is 3.58. The van der Waals surface area contributed by atoms with Crippen LogP contribution in [0.5, 0.6) is 11.5 Å². The van der Waals surface area contributed by atoms with Crippen LogP contribution >= 0.6 is 0 Å². The summed E-state index contributed by atoms with van der Waals surface area (Å²) in [6.45, 7) is 1.90. The molecule has 6 heteroatoms.